The number of halogens is 3. The first kappa shape index (κ1) is 18.5. The number of carbonyl (C=O) groups excluding carboxylic acids is 1. The molecule has 0 aliphatic carbocycles. The van der Waals surface area contributed by atoms with E-state index in [0.29, 0.717) is 15.7 Å². The van der Waals surface area contributed by atoms with E-state index in [2.05, 4.69) is 10.3 Å². The van der Waals surface area contributed by atoms with Crippen LogP contribution in [0.3, 0.4) is 0 Å². The van der Waals surface area contributed by atoms with Gasteiger partial charge in [0.05, 0.1) is 5.01 Å². The lowest BCUT2D eigenvalue weighted by atomic mass is 9.99. The number of rotatable bonds is 4. The summed E-state index contributed by atoms with van der Waals surface area (Å²) < 4.78 is 26.3. The van der Waals surface area contributed by atoms with Crippen molar-refractivity contribution in [3.05, 3.63) is 68.6 Å². The van der Waals surface area contributed by atoms with Crippen molar-refractivity contribution in [3.8, 4) is 11.1 Å². The number of benzene rings is 2. The lowest BCUT2D eigenvalue weighted by Crippen LogP contribution is -2.13. The highest BCUT2D eigenvalue weighted by atomic mass is 35.5. The largest absolute Gasteiger partial charge is 0.321 e. The van der Waals surface area contributed by atoms with E-state index in [4.69, 9.17) is 11.6 Å². The van der Waals surface area contributed by atoms with E-state index in [1.807, 2.05) is 31.2 Å². The van der Waals surface area contributed by atoms with Crippen LogP contribution in [0.5, 0.6) is 0 Å². The number of para-hydroxylation sites is 1. The van der Waals surface area contributed by atoms with E-state index in [9.17, 15) is 13.6 Å². The number of aromatic nitrogens is 1. The maximum atomic E-state index is 13.1. The molecular formula is C19H15ClF2N2OS. The standard InChI is InChI=1S/C19H15ClF2N2OS/c1-10-9-12(20)7-8-13(10)14-5-3-4-6-15(14)24-19(25)17-16(18(21)22)23-11(2)26-17/h3-9,18H,1-2H3,(H,24,25). The van der Waals surface area contributed by atoms with Crippen LogP contribution in [-0.4, -0.2) is 10.9 Å². The Morgan fingerprint density at radius 3 is 2.58 bits per heavy atom. The molecule has 0 radical (unpaired) electrons. The fourth-order valence-corrected chi connectivity index (χ4v) is 3.74. The second-order valence-electron chi connectivity index (χ2n) is 5.71. The number of amides is 1. The molecule has 0 saturated carbocycles. The van der Waals surface area contributed by atoms with Gasteiger partial charge in [0, 0.05) is 16.3 Å². The zero-order valence-corrected chi connectivity index (χ0v) is 15.6. The predicted octanol–water partition coefficient (Wildman–Crippen LogP) is 6.27. The molecule has 0 aliphatic heterocycles. The van der Waals surface area contributed by atoms with Gasteiger partial charge in [-0.1, -0.05) is 35.9 Å². The summed E-state index contributed by atoms with van der Waals surface area (Å²) in [6.07, 6.45) is -2.80. The third kappa shape index (κ3) is 3.76. The minimum absolute atomic E-state index is 0.0693. The van der Waals surface area contributed by atoms with E-state index < -0.39 is 18.0 Å². The Labute approximate surface area is 158 Å². The van der Waals surface area contributed by atoms with E-state index in [-0.39, 0.29) is 4.88 Å². The molecule has 1 aromatic heterocycles. The Kier molecular flexibility index (Phi) is 5.34. The summed E-state index contributed by atoms with van der Waals surface area (Å²) in [5.41, 5.74) is 2.69. The third-order valence-electron chi connectivity index (χ3n) is 3.83. The normalized spacial score (nSPS) is 11.0. The number of nitrogens with zero attached hydrogens (tertiary/aromatic N) is 1. The quantitative estimate of drug-likeness (QED) is 0.568. The highest BCUT2D eigenvalue weighted by Crippen LogP contribution is 2.33. The van der Waals surface area contributed by atoms with Gasteiger partial charge in [-0.2, -0.15) is 0 Å². The number of thiazole rings is 1. The predicted molar refractivity (Wildman–Crippen MR) is 101 cm³/mol. The van der Waals surface area contributed by atoms with Gasteiger partial charge in [0.25, 0.3) is 12.3 Å². The van der Waals surface area contributed by atoms with Crippen LogP contribution in [0.2, 0.25) is 5.02 Å². The van der Waals surface area contributed by atoms with Crippen molar-refractivity contribution in [1.82, 2.24) is 4.98 Å². The van der Waals surface area contributed by atoms with Gasteiger partial charge in [0.2, 0.25) is 0 Å². The summed E-state index contributed by atoms with van der Waals surface area (Å²) in [5, 5.41) is 3.78. The average Bonchev–Trinajstić information content (AvgIpc) is 2.98. The molecule has 0 aliphatic rings. The molecule has 0 fully saturated rings. The highest BCUT2D eigenvalue weighted by Gasteiger charge is 2.24. The van der Waals surface area contributed by atoms with Crippen LogP contribution in [-0.2, 0) is 0 Å². The monoisotopic (exact) mass is 392 g/mol. The van der Waals surface area contributed by atoms with Crippen LogP contribution in [0.15, 0.2) is 42.5 Å². The van der Waals surface area contributed by atoms with Crippen molar-refractivity contribution < 1.29 is 13.6 Å². The van der Waals surface area contributed by atoms with E-state index in [1.165, 1.54) is 0 Å². The molecule has 1 heterocycles. The van der Waals surface area contributed by atoms with Crippen LogP contribution in [0.25, 0.3) is 11.1 Å². The molecule has 3 aromatic rings. The molecule has 3 rings (SSSR count). The molecule has 1 N–H and O–H groups in total. The summed E-state index contributed by atoms with van der Waals surface area (Å²) in [6.45, 7) is 3.51. The van der Waals surface area contributed by atoms with Crippen molar-refractivity contribution in [2.75, 3.05) is 5.32 Å². The lowest BCUT2D eigenvalue weighted by Gasteiger charge is -2.13. The van der Waals surface area contributed by atoms with Crippen LogP contribution in [0.1, 0.15) is 32.4 Å². The Morgan fingerprint density at radius 2 is 1.88 bits per heavy atom. The summed E-state index contributed by atoms with van der Waals surface area (Å²) in [6, 6.07) is 12.7. The second kappa shape index (κ2) is 7.51. The topological polar surface area (TPSA) is 42.0 Å². The summed E-state index contributed by atoms with van der Waals surface area (Å²) in [4.78, 5) is 16.3. The number of carbonyl (C=O) groups is 1. The van der Waals surface area contributed by atoms with Crippen molar-refractivity contribution in [2.24, 2.45) is 0 Å². The number of nitrogens with one attached hydrogen (secondary N) is 1. The Bertz CT molecular complexity index is 972. The maximum Gasteiger partial charge on any atom is 0.282 e. The SMILES string of the molecule is Cc1nc(C(F)F)c(C(=O)Nc2ccccc2-c2ccc(Cl)cc2C)s1. The molecule has 0 bridgehead atoms. The minimum Gasteiger partial charge on any atom is -0.321 e. The molecular weight excluding hydrogens is 378 g/mol. The number of alkyl halides is 2. The first-order valence-electron chi connectivity index (χ1n) is 7.79. The van der Waals surface area contributed by atoms with Crippen LogP contribution in [0.4, 0.5) is 14.5 Å². The molecule has 0 atom stereocenters. The maximum absolute atomic E-state index is 13.1. The van der Waals surface area contributed by atoms with Crippen molar-refractivity contribution >= 4 is 34.5 Å². The highest BCUT2D eigenvalue weighted by molar-refractivity contribution is 7.13. The van der Waals surface area contributed by atoms with E-state index >= 15 is 0 Å². The first-order chi connectivity index (χ1) is 12.4. The van der Waals surface area contributed by atoms with E-state index in [1.54, 1.807) is 25.1 Å². The number of aryl methyl sites for hydroxylation is 2. The Morgan fingerprint density at radius 1 is 1.15 bits per heavy atom. The van der Waals surface area contributed by atoms with Gasteiger partial charge in [-0.3, -0.25) is 4.79 Å². The number of hydrogen-bond acceptors (Lipinski definition) is 3. The van der Waals surface area contributed by atoms with Crippen molar-refractivity contribution in [2.45, 2.75) is 20.3 Å². The van der Waals surface area contributed by atoms with Gasteiger partial charge < -0.3 is 5.32 Å². The molecule has 0 saturated heterocycles. The summed E-state index contributed by atoms with van der Waals surface area (Å²) in [7, 11) is 0. The molecule has 2 aromatic carbocycles. The average molecular weight is 393 g/mol. The fourth-order valence-electron chi connectivity index (χ4n) is 2.69. The van der Waals surface area contributed by atoms with Gasteiger partial charge in [-0.05, 0) is 43.2 Å². The van der Waals surface area contributed by atoms with Gasteiger partial charge in [-0.25, -0.2) is 13.8 Å². The number of anilines is 1. The van der Waals surface area contributed by atoms with Gasteiger partial charge >= 0.3 is 0 Å². The van der Waals surface area contributed by atoms with Crippen LogP contribution < -0.4 is 5.32 Å². The zero-order chi connectivity index (χ0) is 18.8. The molecule has 3 nitrogen and oxygen atoms in total. The molecule has 0 unspecified atom stereocenters. The molecule has 1 amide bonds. The van der Waals surface area contributed by atoms with Crippen molar-refractivity contribution in [1.29, 1.82) is 0 Å². The fraction of sp³-hybridized carbons (Fsp3) is 0.158. The van der Waals surface area contributed by atoms with Gasteiger partial charge in [0.1, 0.15) is 10.6 Å². The molecule has 26 heavy (non-hydrogen) atoms. The zero-order valence-electron chi connectivity index (χ0n) is 14.0. The van der Waals surface area contributed by atoms with Crippen LogP contribution in [0, 0.1) is 13.8 Å². The molecule has 134 valence electrons. The molecule has 7 heteroatoms. The van der Waals surface area contributed by atoms with Crippen LogP contribution >= 0.6 is 22.9 Å². The Hall–Kier alpha value is -2.31. The second-order valence-corrected chi connectivity index (χ2v) is 7.35. The summed E-state index contributed by atoms with van der Waals surface area (Å²) in [5.74, 6) is -0.593. The van der Waals surface area contributed by atoms with E-state index in [0.717, 1.165) is 28.0 Å². The lowest BCUT2D eigenvalue weighted by molar-refractivity contribution is 0.101. The van der Waals surface area contributed by atoms with Crippen molar-refractivity contribution in [3.63, 3.8) is 0 Å². The Balaban J connectivity index is 1.98. The van der Waals surface area contributed by atoms with Gasteiger partial charge in [0.15, 0.2) is 0 Å². The number of hydrogen-bond donors (Lipinski definition) is 1. The molecule has 0 spiro atoms. The first-order valence-corrected chi connectivity index (χ1v) is 8.98. The van der Waals surface area contributed by atoms with Gasteiger partial charge in [-0.15, -0.1) is 11.3 Å². The third-order valence-corrected chi connectivity index (χ3v) is 5.05. The smallest absolute Gasteiger partial charge is 0.282 e. The minimum atomic E-state index is -2.80. The summed E-state index contributed by atoms with van der Waals surface area (Å²) >= 11 is 6.97.